The zero-order valence-electron chi connectivity index (χ0n) is 19.3. The summed E-state index contributed by atoms with van der Waals surface area (Å²) < 4.78 is 10.2. The van der Waals surface area contributed by atoms with Gasteiger partial charge in [-0.15, -0.1) is 0 Å². The van der Waals surface area contributed by atoms with E-state index >= 15 is 0 Å². The number of carbonyl (C=O) groups excluding carboxylic acids is 1. The number of allylic oxidation sites excluding steroid dienone is 1. The molecule has 3 aromatic rings. The molecule has 0 saturated carbocycles. The molecule has 0 radical (unpaired) electrons. The number of esters is 1. The molecule has 1 aliphatic heterocycles. The largest absolute Gasteiger partial charge is 0.465 e. The molecule has 9 nitrogen and oxygen atoms in total. The summed E-state index contributed by atoms with van der Waals surface area (Å²) in [6.07, 6.45) is 7.26. The number of aromatic amines is 1. The molecule has 2 aromatic heterocycles. The minimum absolute atomic E-state index is 0.305. The van der Waals surface area contributed by atoms with Crippen molar-refractivity contribution in [1.29, 1.82) is 0 Å². The van der Waals surface area contributed by atoms with Crippen LogP contribution in [0.5, 0.6) is 0 Å². The molecule has 0 bridgehead atoms. The van der Waals surface area contributed by atoms with Gasteiger partial charge in [-0.25, -0.2) is 19.8 Å². The van der Waals surface area contributed by atoms with Gasteiger partial charge >= 0.3 is 5.97 Å². The van der Waals surface area contributed by atoms with Gasteiger partial charge in [0.2, 0.25) is 0 Å². The Morgan fingerprint density at radius 3 is 2.85 bits per heavy atom. The first-order valence-electron chi connectivity index (χ1n) is 11.1. The van der Waals surface area contributed by atoms with Gasteiger partial charge in [0.25, 0.3) is 0 Å². The summed E-state index contributed by atoms with van der Waals surface area (Å²) in [5, 5.41) is 0. The lowest BCUT2D eigenvalue weighted by molar-refractivity contribution is 0.0600. The molecular weight excluding hydrogens is 432 g/mol. The van der Waals surface area contributed by atoms with Gasteiger partial charge in [0.05, 0.1) is 25.3 Å². The predicted molar refractivity (Wildman–Crippen MR) is 131 cm³/mol. The summed E-state index contributed by atoms with van der Waals surface area (Å²) in [5.41, 5.74) is 8.42. The number of carbonyl (C=O) groups is 1. The predicted octanol–water partition coefficient (Wildman–Crippen LogP) is 3.33. The summed E-state index contributed by atoms with van der Waals surface area (Å²) in [6.45, 7) is 1.60. The lowest BCUT2D eigenvalue weighted by Crippen LogP contribution is -2.33. The Hall–Kier alpha value is -3.98. The van der Waals surface area contributed by atoms with Crippen molar-refractivity contribution in [1.82, 2.24) is 15.0 Å². The van der Waals surface area contributed by atoms with Gasteiger partial charge in [0.1, 0.15) is 11.5 Å². The minimum atomic E-state index is -0.427. The number of pyridine rings is 1. The quantitative estimate of drug-likeness (QED) is 0.391. The van der Waals surface area contributed by atoms with E-state index in [0.29, 0.717) is 46.8 Å². The summed E-state index contributed by atoms with van der Waals surface area (Å²) in [7, 11) is 3.06. The molecular formula is C25H28N6O3. The topological polar surface area (TPSA) is 119 Å². The molecule has 34 heavy (non-hydrogen) atoms. The first-order chi connectivity index (χ1) is 16.6. The number of benzene rings is 1. The molecule has 1 unspecified atom stereocenters. The van der Waals surface area contributed by atoms with Gasteiger partial charge in [0.15, 0.2) is 11.6 Å². The third kappa shape index (κ3) is 5.32. The highest BCUT2D eigenvalue weighted by atomic mass is 16.5. The Morgan fingerprint density at radius 1 is 1.26 bits per heavy atom. The van der Waals surface area contributed by atoms with Crippen molar-refractivity contribution in [3.8, 4) is 0 Å². The maximum Gasteiger partial charge on any atom is 0.337 e. The zero-order chi connectivity index (χ0) is 23.9. The summed E-state index contributed by atoms with van der Waals surface area (Å²) in [4.78, 5) is 31.1. The monoisotopic (exact) mass is 460 g/mol. The number of H-pyrrole nitrogens is 1. The number of rotatable bonds is 8. The number of methoxy groups -OCH3 is 2. The van der Waals surface area contributed by atoms with Crippen LogP contribution in [0.15, 0.2) is 65.9 Å². The fourth-order valence-electron chi connectivity index (χ4n) is 3.99. The van der Waals surface area contributed by atoms with E-state index in [2.05, 4.69) is 14.9 Å². The second kappa shape index (κ2) is 10.8. The van der Waals surface area contributed by atoms with E-state index in [-0.39, 0.29) is 0 Å². The van der Waals surface area contributed by atoms with Crippen molar-refractivity contribution in [3.05, 3.63) is 77.9 Å². The van der Waals surface area contributed by atoms with Gasteiger partial charge in [-0.05, 0) is 48.7 Å². The number of imidazole rings is 1. The van der Waals surface area contributed by atoms with Crippen LogP contribution < -0.4 is 10.6 Å². The molecule has 3 N–H and O–H groups in total. The van der Waals surface area contributed by atoms with E-state index in [4.69, 9.17) is 25.2 Å². The number of nitrogens with one attached hydrogen (secondary N) is 1. The van der Waals surface area contributed by atoms with Crippen molar-refractivity contribution < 1.29 is 14.3 Å². The lowest BCUT2D eigenvalue weighted by atomic mass is 10.1. The van der Waals surface area contributed by atoms with Gasteiger partial charge in [0, 0.05) is 31.7 Å². The average Bonchev–Trinajstić information content (AvgIpc) is 3.56. The summed E-state index contributed by atoms with van der Waals surface area (Å²) >= 11 is 0. The number of aliphatic imine (C=N–C) groups is 1. The maximum atomic E-state index is 11.9. The van der Waals surface area contributed by atoms with Crippen LogP contribution >= 0.6 is 0 Å². The number of anilines is 1. The van der Waals surface area contributed by atoms with Crippen LogP contribution in [0.25, 0.3) is 5.70 Å². The number of hydrogen-bond donors (Lipinski definition) is 2. The van der Waals surface area contributed by atoms with E-state index in [1.165, 1.54) is 7.11 Å². The van der Waals surface area contributed by atoms with E-state index in [1.807, 2.05) is 24.3 Å². The Kier molecular flexibility index (Phi) is 7.34. The molecule has 1 saturated heterocycles. The van der Waals surface area contributed by atoms with E-state index in [1.54, 1.807) is 43.8 Å². The van der Waals surface area contributed by atoms with Gasteiger partial charge < -0.3 is 25.1 Å². The number of aromatic nitrogens is 3. The molecule has 176 valence electrons. The summed E-state index contributed by atoms with van der Waals surface area (Å²) in [5.74, 6) is 1.53. The van der Waals surface area contributed by atoms with Crippen molar-refractivity contribution in [2.45, 2.75) is 18.9 Å². The first kappa shape index (κ1) is 23.2. The van der Waals surface area contributed by atoms with Crippen LogP contribution in [-0.4, -0.2) is 60.0 Å². The minimum Gasteiger partial charge on any atom is -0.465 e. The van der Waals surface area contributed by atoms with E-state index < -0.39 is 5.97 Å². The molecule has 0 amide bonds. The van der Waals surface area contributed by atoms with Crippen LogP contribution in [0, 0.1) is 0 Å². The molecule has 1 atom stereocenters. The van der Waals surface area contributed by atoms with Crippen molar-refractivity contribution in [2.24, 2.45) is 10.7 Å². The van der Waals surface area contributed by atoms with Gasteiger partial charge in [-0.3, -0.25) is 0 Å². The highest BCUT2D eigenvalue weighted by molar-refractivity contribution is 6.10. The molecule has 3 heterocycles. The molecule has 1 aromatic carbocycles. The highest BCUT2D eigenvalue weighted by Crippen LogP contribution is 2.26. The highest BCUT2D eigenvalue weighted by Gasteiger charge is 2.25. The average molecular weight is 461 g/mol. The lowest BCUT2D eigenvalue weighted by Gasteiger charge is -2.25. The third-order valence-corrected chi connectivity index (χ3v) is 5.64. The number of ether oxygens (including phenoxy) is 2. The Morgan fingerprint density at radius 2 is 2.09 bits per heavy atom. The number of nitrogens with zero attached hydrogens (tertiary/aromatic N) is 4. The summed E-state index contributed by atoms with van der Waals surface area (Å²) in [6, 6.07) is 13.0. The molecule has 1 fully saturated rings. The zero-order valence-corrected chi connectivity index (χ0v) is 19.3. The van der Waals surface area contributed by atoms with Crippen LogP contribution in [0.3, 0.4) is 0 Å². The molecule has 0 spiro atoms. The van der Waals surface area contributed by atoms with E-state index in [0.717, 1.165) is 25.2 Å². The van der Waals surface area contributed by atoms with Crippen LogP contribution in [0.2, 0.25) is 0 Å². The molecule has 0 aliphatic carbocycles. The Balaban J connectivity index is 1.68. The second-order valence-corrected chi connectivity index (χ2v) is 7.91. The fourth-order valence-corrected chi connectivity index (χ4v) is 3.99. The first-order valence-corrected chi connectivity index (χ1v) is 11.1. The Bertz CT molecular complexity index is 1190. The number of nitrogens with two attached hydrogens (primary N) is 1. The SMILES string of the molecule is COCC1CCCN1c1cccc(N=C(C=C(N)c2cccc(C(=O)OC)c2)c2ncc[nH]2)n1. The standard InChI is InChI=1S/C25H28N6O3/c1-33-16-19-8-5-13-31(19)23-10-4-9-22(30-23)29-21(24-27-11-12-28-24)15-20(26)17-6-3-7-18(14-17)25(32)34-2/h3-4,6-7,9-12,14-15,19H,5,8,13,16,26H2,1-2H3,(H,27,28). The fraction of sp³-hybridized carbons (Fsp3) is 0.280. The number of hydrogen-bond acceptors (Lipinski definition) is 8. The van der Waals surface area contributed by atoms with Crippen molar-refractivity contribution >= 4 is 29.0 Å². The van der Waals surface area contributed by atoms with Crippen LogP contribution in [0.1, 0.15) is 34.6 Å². The maximum absolute atomic E-state index is 11.9. The van der Waals surface area contributed by atoms with Crippen LogP contribution in [-0.2, 0) is 9.47 Å². The van der Waals surface area contributed by atoms with Crippen LogP contribution in [0.4, 0.5) is 11.6 Å². The van der Waals surface area contributed by atoms with Crippen molar-refractivity contribution in [3.63, 3.8) is 0 Å². The second-order valence-electron chi connectivity index (χ2n) is 7.91. The van der Waals surface area contributed by atoms with Gasteiger partial charge in [-0.2, -0.15) is 0 Å². The third-order valence-electron chi connectivity index (χ3n) is 5.64. The molecule has 4 rings (SSSR count). The van der Waals surface area contributed by atoms with E-state index in [9.17, 15) is 4.79 Å². The molecule has 9 heteroatoms. The van der Waals surface area contributed by atoms with Gasteiger partial charge in [-0.1, -0.05) is 18.2 Å². The molecule has 1 aliphatic rings. The Labute approximate surface area is 198 Å². The normalized spacial score (nSPS) is 16.6. The van der Waals surface area contributed by atoms with Crippen molar-refractivity contribution in [2.75, 3.05) is 32.3 Å². The smallest absolute Gasteiger partial charge is 0.337 e.